The molecule has 0 fully saturated rings. The van der Waals surface area contributed by atoms with Gasteiger partial charge in [-0.3, -0.25) is 0 Å². The average molecular weight is 294 g/mol. The first-order valence-electron chi connectivity index (χ1n) is 0.532. The zero-order valence-corrected chi connectivity index (χ0v) is 12.3. The van der Waals surface area contributed by atoms with E-state index in [-0.39, 0.29) is 77.2 Å². The Morgan fingerprint density at radius 3 is 1.50 bits per heavy atom. The molecule has 0 aliphatic rings. The van der Waals surface area contributed by atoms with Crippen molar-refractivity contribution in [1.29, 1.82) is 0 Å². The summed E-state index contributed by atoms with van der Waals surface area (Å²) in [6.07, 6.45) is 0. The van der Waals surface area contributed by atoms with E-state index >= 15 is 0 Å². The Balaban J connectivity index is -0.0000000150. The van der Waals surface area contributed by atoms with Crippen molar-refractivity contribution in [3.8, 4) is 0 Å². The van der Waals surface area contributed by atoms with E-state index in [1.807, 2.05) is 0 Å². The van der Waals surface area contributed by atoms with Gasteiger partial charge in [-0.2, -0.15) is 0 Å². The Morgan fingerprint density at radius 2 is 1.50 bits per heavy atom. The summed E-state index contributed by atoms with van der Waals surface area (Å²) >= 11 is -3.29. The van der Waals surface area contributed by atoms with E-state index in [0.717, 1.165) is 0 Å². The van der Waals surface area contributed by atoms with Gasteiger partial charge in [0.2, 0.25) is 0 Å². The Kier molecular flexibility index (Phi) is 28.1. The van der Waals surface area contributed by atoms with Crippen LogP contribution in [0.3, 0.4) is 0 Å². The van der Waals surface area contributed by atoms with Crippen molar-refractivity contribution in [1.82, 2.24) is 0 Å². The van der Waals surface area contributed by atoms with E-state index in [9.17, 15) is 0 Å². The normalized spacial score (nSPS) is 5.83. The van der Waals surface area contributed by atoms with Gasteiger partial charge in [0.15, 0.2) is 0 Å². The van der Waals surface area contributed by atoms with Crippen molar-refractivity contribution < 1.29 is 65.0 Å². The van der Waals surface area contributed by atoms with E-state index in [4.69, 9.17) is 12.2 Å². The fourth-order valence-electron chi connectivity index (χ4n) is 0. The molecule has 0 bridgehead atoms. The van der Waals surface area contributed by atoms with Crippen LogP contribution in [0, 0.1) is 0 Å². The van der Waals surface area contributed by atoms with Crippen LogP contribution < -0.4 is 51.4 Å². The number of hydrogen-bond donors (Lipinski definition) is 2. The zero-order chi connectivity index (χ0) is 3.58. The molecule has 0 rings (SSSR count). The molecule has 0 aromatic carbocycles. The molecule has 6 heavy (non-hydrogen) atoms. The third-order valence-electron chi connectivity index (χ3n) is 0. The van der Waals surface area contributed by atoms with Gasteiger partial charge in [-0.25, -0.2) is 0 Å². The monoisotopic (exact) mass is 294 g/mol. The van der Waals surface area contributed by atoms with Crippen LogP contribution in [0.5, 0.6) is 0 Å². The van der Waals surface area contributed by atoms with Crippen LogP contribution >= 0.6 is 0 Å². The quantitative estimate of drug-likeness (QED) is 0.438. The Bertz CT molecular complexity index is 37.9. The van der Waals surface area contributed by atoms with Crippen molar-refractivity contribution >= 4 is 38.9 Å². The molecule has 0 spiro atoms. The van der Waals surface area contributed by atoms with Gasteiger partial charge in [0.25, 0.3) is 0 Å². The Morgan fingerprint density at radius 1 is 1.50 bits per heavy atom. The number of hydrogen-bond acceptors (Lipinski definition) is 1. The van der Waals surface area contributed by atoms with E-state index in [2.05, 4.69) is 0 Å². The molecule has 0 heterocycles. The Hall–Kier alpha value is 2.69. The second kappa shape index (κ2) is 10.6. The third kappa shape index (κ3) is 29.9. The fourth-order valence-corrected chi connectivity index (χ4v) is 0. The van der Waals surface area contributed by atoms with Gasteiger partial charge in [0.1, 0.15) is 0 Å². The van der Waals surface area contributed by atoms with Crippen molar-refractivity contribution in [3.05, 3.63) is 0 Å². The molecule has 0 aliphatic heterocycles. The van der Waals surface area contributed by atoms with Crippen LogP contribution in [0.2, 0.25) is 0 Å². The van der Waals surface area contributed by atoms with Gasteiger partial charge in [0, 0.05) is 0 Å². The summed E-state index contributed by atoms with van der Waals surface area (Å²) in [6, 6.07) is 0. The molecular weight excluding hydrogens is 288 g/mol. The van der Waals surface area contributed by atoms with Crippen molar-refractivity contribution in [2.24, 2.45) is 0 Å². The second-order valence-electron chi connectivity index (χ2n) is 0.231. The van der Waals surface area contributed by atoms with Crippen LogP contribution in [-0.4, -0.2) is 47.3 Å². The van der Waals surface area contributed by atoms with Gasteiger partial charge in [-0.05, 0) is 0 Å². The van der Waals surface area contributed by atoms with Crippen LogP contribution in [0.1, 0.15) is 1.43 Å². The van der Waals surface area contributed by atoms with Gasteiger partial charge >= 0.3 is 103 Å². The minimum absolute atomic E-state index is 0. The average Bonchev–Trinajstić information content (AvgIpc) is 0.811. The molecule has 36 valence electrons. The molecule has 0 saturated carbocycles. The summed E-state index contributed by atoms with van der Waals surface area (Å²) in [4.78, 5) is 0. The predicted octanol–water partition coefficient (Wildman–Crippen LogP) is -5.68. The molecule has 0 aromatic rings. The van der Waals surface area contributed by atoms with E-state index < -0.39 is 14.5 Å². The SMILES string of the molecule is O=[Se](O)O.[H-].[K+].[SbH3]. The molecule has 0 amide bonds. The maximum atomic E-state index is 8.76. The van der Waals surface area contributed by atoms with Gasteiger partial charge in [0.05, 0.1) is 0 Å². The van der Waals surface area contributed by atoms with Crippen LogP contribution in [-0.2, 0) is 3.83 Å². The summed E-state index contributed by atoms with van der Waals surface area (Å²) in [6.45, 7) is 0. The van der Waals surface area contributed by atoms with E-state index in [1.54, 1.807) is 0 Å². The first-order chi connectivity index (χ1) is 1.73. The molecular formula is H6KO3SbSe. The molecule has 0 atom stereocenters. The third-order valence-corrected chi connectivity index (χ3v) is 0. The molecule has 3 nitrogen and oxygen atoms in total. The van der Waals surface area contributed by atoms with E-state index in [0.29, 0.717) is 0 Å². The number of rotatable bonds is 0. The summed E-state index contributed by atoms with van der Waals surface area (Å²) in [5.41, 5.74) is 0. The molecule has 0 aliphatic carbocycles. The summed E-state index contributed by atoms with van der Waals surface area (Å²) < 4.78 is 23.1. The Labute approximate surface area is 102 Å². The van der Waals surface area contributed by atoms with Crippen molar-refractivity contribution in [3.63, 3.8) is 0 Å². The van der Waals surface area contributed by atoms with Gasteiger partial charge in [-0.1, -0.05) is 0 Å². The minimum atomic E-state index is -3.29. The summed E-state index contributed by atoms with van der Waals surface area (Å²) in [5, 5.41) is 0. The van der Waals surface area contributed by atoms with Crippen molar-refractivity contribution in [2.75, 3.05) is 0 Å². The maximum absolute atomic E-state index is 8.76. The topological polar surface area (TPSA) is 57.5 Å². The van der Waals surface area contributed by atoms with Gasteiger partial charge in [-0.15, -0.1) is 0 Å². The first kappa shape index (κ1) is 15.9. The molecule has 2 N–H and O–H groups in total. The molecule has 0 unspecified atom stereocenters. The zero-order valence-electron chi connectivity index (χ0n) is 4.42. The van der Waals surface area contributed by atoms with Crippen LogP contribution in [0.4, 0.5) is 0 Å². The first-order valence-corrected chi connectivity index (χ1v) is 2.76. The summed E-state index contributed by atoms with van der Waals surface area (Å²) in [5.74, 6) is 0. The molecule has 0 saturated heterocycles. The summed E-state index contributed by atoms with van der Waals surface area (Å²) in [7, 11) is 0. The van der Waals surface area contributed by atoms with Gasteiger partial charge < -0.3 is 1.43 Å². The van der Waals surface area contributed by atoms with Crippen LogP contribution in [0.25, 0.3) is 0 Å². The molecule has 6 heteroatoms. The molecule has 0 aromatic heterocycles. The van der Waals surface area contributed by atoms with E-state index in [1.165, 1.54) is 0 Å². The second-order valence-corrected chi connectivity index (χ2v) is 1.20. The predicted molar refractivity (Wildman–Crippen MR) is 21.9 cm³/mol. The fraction of sp³-hybridized carbons (Fsp3) is 0. The van der Waals surface area contributed by atoms with Crippen LogP contribution in [0.15, 0.2) is 0 Å². The molecule has 0 radical (unpaired) electrons. The van der Waals surface area contributed by atoms with Crippen molar-refractivity contribution in [2.45, 2.75) is 0 Å². The standard InChI is InChI=1S/K.H2O3Se.Sb.4H/c;1-4(2)3;;;;;/h;(H2,1,2,3);;;;;/q+1;;;;;;-1.